The van der Waals surface area contributed by atoms with Gasteiger partial charge in [0.25, 0.3) is 5.69 Å². The van der Waals surface area contributed by atoms with Crippen LogP contribution < -0.4 is 5.32 Å². The molecule has 0 bridgehead atoms. The van der Waals surface area contributed by atoms with E-state index in [0.717, 1.165) is 17.8 Å². The molecule has 22 heavy (non-hydrogen) atoms. The molecule has 2 aromatic heterocycles. The number of nitrogens with one attached hydrogen (secondary N) is 1. The number of aryl methyl sites for hydroxylation is 2. The maximum atomic E-state index is 10.7. The smallest absolute Gasteiger partial charge is 0.287 e. The minimum Gasteiger partial charge on any atom is -0.370 e. The molecule has 0 fully saturated rings. The Bertz CT molecular complexity index is 654. The molecule has 0 unspecified atom stereocenters. The predicted molar refractivity (Wildman–Crippen MR) is 80.8 cm³/mol. The predicted octanol–water partition coefficient (Wildman–Crippen LogP) is 2.85. The van der Waals surface area contributed by atoms with E-state index in [0.29, 0.717) is 24.7 Å². The number of hydrogen-bond donors (Lipinski definition) is 1. The number of rotatable bonds is 7. The summed E-state index contributed by atoms with van der Waals surface area (Å²) in [5.74, 6) is 2.25. The SMILES string of the molecule is Cc1cc([N+](=O)[O-])cnc1NCCCc1nc(C(C)C)no1. The molecule has 0 spiro atoms. The molecule has 0 saturated carbocycles. The number of aromatic nitrogens is 3. The lowest BCUT2D eigenvalue weighted by Gasteiger charge is -2.07. The highest BCUT2D eigenvalue weighted by Gasteiger charge is 2.10. The minimum atomic E-state index is -0.453. The molecular weight excluding hydrogens is 286 g/mol. The first-order chi connectivity index (χ1) is 10.5. The first-order valence-electron chi connectivity index (χ1n) is 7.14. The largest absolute Gasteiger partial charge is 0.370 e. The summed E-state index contributed by atoms with van der Waals surface area (Å²) in [6.45, 7) is 6.48. The van der Waals surface area contributed by atoms with Crippen LogP contribution in [0.5, 0.6) is 0 Å². The Hall–Kier alpha value is -2.51. The van der Waals surface area contributed by atoms with Crippen molar-refractivity contribution >= 4 is 11.5 Å². The molecule has 2 aromatic rings. The van der Waals surface area contributed by atoms with Crippen molar-refractivity contribution in [3.8, 4) is 0 Å². The Balaban J connectivity index is 1.82. The molecule has 8 heteroatoms. The molecular formula is C14H19N5O3. The standard InChI is InChI=1S/C14H19N5O3/c1-9(2)13-17-12(22-18-13)5-4-6-15-14-10(3)7-11(8-16-14)19(20)21/h7-9H,4-6H2,1-3H3,(H,15,16). The lowest BCUT2D eigenvalue weighted by Crippen LogP contribution is -2.06. The molecule has 0 radical (unpaired) electrons. The second kappa shape index (κ2) is 6.97. The molecule has 0 aliphatic carbocycles. The molecule has 0 aliphatic heterocycles. The molecule has 2 heterocycles. The van der Waals surface area contributed by atoms with Crippen LogP contribution in [0.2, 0.25) is 0 Å². The molecule has 0 amide bonds. The van der Waals surface area contributed by atoms with Gasteiger partial charge in [-0.3, -0.25) is 10.1 Å². The first kappa shape index (κ1) is 15.9. The summed E-state index contributed by atoms with van der Waals surface area (Å²) in [7, 11) is 0. The van der Waals surface area contributed by atoms with Crippen LogP contribution in [0.15, 0.2) is 16.8 Å². The van der Waals surface area contributed by atoms with Gasteiger partial charge in [-0.2, -0.15) is 4.98 Å². The third-order valence-corrected chi connectivity index (χ3v) is 3.13. The Morgan fingerprint density at radius 1 is 1.45 bits per heavy atom. The van der Waals surface area contributed by atoms with Crippen LogP contribution in [0, 0.1) is 17.0 Å². The van der Waals surface area contributed by atoms with Gasteiger partial charge < -0.3 is 9.84 Å². The zero-order chi connectivity index (χ0) is 16.1. The summed E-state index contributed by atoms with van der Waals surface area (Å²) < 4.78 is 5.16. The van der Waals surface area contributed by atoms with Crippen molar-refractivity contribution in [1.29, 1.82) is 0 Å². The summed E-state index contributed by atoms with van der Waals surface area (Å²) in [6.07, 6.45) is 2.73. The average molecular weight is 305 g/mol. The second-order valence-corrected chi connectivity index (χ2v) is 5.35. The van der Waals surface area contributed by atoms with Crippen molar-refractivity contribution in [3.63, 3.8) is 0 Å². The van der Waals surface area contributed by atoms with Crippen LogP contribution in [-0.2, 0) is 6.42 Å². The quantitative estimate of drug-likeness (QED) is 0.476. The minimum absolute atomic E-state index is 0.00451. The normalized spacial score (nSPS) is 10.9. The summed E-state index contributed by atoms with van der Waals surface area (Å²) in [4.78, 5) is 18.6. The van der Waals surface area contributed by atoms with Crippen molar-refractivity contribution in [2.24, 2.45) is 0 Å². The molecule has 1 N–H and O–H groups in total. The van der Waals surface area contributed by atoms with E-state index in [2.05, 4.69) is 20.4 Å². The third-order valence-electron chi connectivity index (χ3n) is 3.13. The fourth-order valence-corrected chi connectivity index (χ4v) is 1.90. The Morgan fingerprint density at radius 2 is 2.23 bits per heavy atom. The van der Waals surface area contributed by atoms with Gasteiger partial charge in [-0.1, -0.05) is 19.0 Å². The van der Waals surface area contributed by atoms with Gasteiger partial charge >= 0.3 is 0 Å². The van der Waals surface area contributed by atoms with Crippen molar-refractivity contribution in [1.82, 2.24) is 15.1 Å². The van der Waals surface area contributed by atoms with E-state index in [1.807, 2.05) is 13.8 Å². The Labute approximate surface area is 128 Å². The Morgan fingerprint density at radius 3 is 2.82 bits per heavy atom. The topological polar surface area (TPSA) is 107 Å². The van der Waals surface area contributed by atoms with E-state index in [1.165, 1.54) is 12.3 Å². The lowest BCUT2D eigenvalue weighted by molar-refractivity contribution is -0.385. The first-order valence-corrected chi connectivity index (χ1v) is 7.14. The summed E-state index contributed by atoms with van der Waals surface area (Å²) in [5.41, 5.74) is 0.740. The van der Waals surface area contributed by atoms with Crippen molar-refractivity contribution < 1.29 is 9.45 Å². The van der Waals surface area contributed by atoms with Gasteiger partial charge in [-0.05, 0) is 18.9 Å². The number of pyridine rings is 1. The third kappa shape index (κ3) is 4.00. The summed E-state index contributed by atoms with van der Waals surface area (Å²) in [6, 6.07) is 1.50. The molecule has 0 saturated heterocycles. The number of anilines is 1. The monoisotopic (exact) mass is 305 g/mol. The average Bonchev–Trinajstić information content (AvgIpc) is 2.93. The number of nitro groups is 1. The van der Waals surface area contributed by atoms with E-state index in [4.69, 9.17) is 4.52 Å². The van der Waals surface area contributed by atoms with E-state index >= 15 is 0 Å². The van der Waals surface area contributed by atoms with Gasteiger partial charge in [-0.15, -0.1) is 0 Å². The molecule has 118 valence electrons. The molecule has 0 aromatic carbocycles. The van der Waals surface area contributed by atoms with Gasteiger partial charge in [0.15, 0.2) is 5.82 Å². The van der Waals surface area contributed by atoms with Crippen LogP contribution in [0.4, 0.5) is 11.5 Å². The van der Waals surface area contributed by atoms with Crippen molar-refractivity contribution in [3.05, 3.63) is 39.7 Å². The van der Waals surface area contributed by atoms with Crippen LogP contribution in [0.1, 0.15) is 43.5 Å². The zero-order valence-corrected chi connectivity index (χ0v) is 12.9. The van der Waals surface area contributed by atoms with Gasteiger partial charge in [0, 0.05) is 24.9 Å². The van der Waals surface area contributed by atoms with E-state index in [-0.39, 0.29) is 11.6 Å². The van der Waals surface area contributed by atoms with E-state index in [9.17, 15) is 10.1 Å². The van der Waals surface area contributed by atoms with Crippen LogP contribution in [-0.4, -0.2) is 26.6 Å². The van der Waals surface area contributed by atoms with E-state index in [1.54, 1.807) is 6.92 Å². The van der Waals surface area contributed by atoms with Crippen LogP contribution in [0.25, 0.3) is 0 Å². The fraction of sp³-hybridized carbons (Fsp3) is 0.500. The maximum absolute atomic E-state index is 10.7. The molecule has 8 nitrogen and oxygen atoms in total. The number of nitrogens with zero attached hydrogens (tertiary/aromatic N) is 4. The lowest BCUT2D eigenvalue weighted by atomic mass is 10.2. The van der Waals surface area contributed by atoms with Crippen LogP contribution >= 0.6 is 0 Å². The van der Waals surface area contributed by atoms with Crippen molar-refractivity contribution in [2.45, 2.75) is 39.5 Å². The van der Waals surface area contributed by atoms with Gasteiger partial charge in [-0.25, -0.2) is 4.98 Å². The van der Waals surface area contributed by atoms with Gasteiger partial charge in [0.1, 0.15) is 12.0 Å². The molecule has 0 aliphatic rings. The Kier molecular flexibility index (Phi) is 5.03. The summed E-state index contributed by atoms with van der Waals surface area (Å²) in [5, 5.41) is 17.7. The number of hydrogen-bond acceptors (Lipinski definition) is 7. The highest BCUT2D eigenvalue weighted by molar-refractivity contribution is 5.48. The second-order valence-electron chi connectivity index (χ2n) is 5.35. The van der Waals surface area contributed by atoms with Gasteiger partial charge in [0.05, 0.1) is 4.92 Å². The van der Waals surface area contributed by atoms with Crippen LogP contribution in [0.3, 0.4) is 0 Å². The van der Waals surface area contributed by atoms with Crippen molar-refractivity contribution in [2.75, 3.05) is 11.9 Å². The highest BCUT2D eigenvalue weighted by atomic mass is 16.6. The highest BCUT2D eigenvalue weighted by Crippen LogP contribution is 2.18. The fourth-order valence-electron chi connectivity index (χ4n) is 1.90. The molecule has 0 atom stereocenters. The summed E-state index contributed by atoms with van der Waals surface area (Å²) >= 11 is 0. The molecule has 2 rings (SSSR count). The maximum Gasteiger partial charge on any atom is 0.287 e. The van der Waals surface area contributed by atoms with E-state index < -0.39 is 4.92 Å². The zero-order valence-electron chi connectivity index (χ0n) is 12.9. The van der Waals surface area contributed by atoms with Gasteiger partial charge in [0.2, 0.25) is 5.89 Å².